The van der Waals surface area contributed by atoms with Crippen molar-refractivity contribution in [2.24, 2.45) is 0 Å². The number of carbonyl (C=O) groups excluding carboxylic acids is 1. The van der Waals surface area contributed by atoms with Crippen LogP contribution in [0, 0.1) is 13.8 Å². The first-order valence-electron chi connectivity index (χ1n) is 7.13. The van der Waals surface area contributed by atoms with Gasteiger partial charge in [-0.3, -0.25) is 14.5 Å². The van der Waals surface area contributed by atoms with E-state index in [-0.39, 0.29) is 12.5 Å². The van der Waals surface area contributed by atoms with Crippen molar-refractivity contribution in [1.82, 2.24) is 14.8 Å². The van der Waals surface area contributed by atoms with Gasteiger partial charge in [-0.05, 0) is 31.5 Å². The predicted octanol–water partition coefficient (Wildman–Crippen LogP) is 2.50. The van der Waals surface area contributed by atoms with E-state index >= 15 is 0 Å². The highest BCUT2D eigenvalue weighted by Gasteiger charge is 2.35. The molecule has 1 aliphatic rings. The monoisotopic (exact) mass is 324 g/mol. The third-order valence-electron chi connectivity index (χ3n) is 3.80. The van der Waals surface area contributed by atoms with E-state index in [4.69, 9.17) is 0 Å². The minimum Gasteiger partial charge on any atom is -0.309 e. The highest BCUT2D eigenvalue weighted by Crippen LogP contribution is 2.29. The van der Waals surface area contributed by atoms with E-state index in [1.54, 1.807) is 11.1 Å². The lowest BCUT2D eigenvalue weighted by atomic mass is 10.2. The van der Waals surface area contributed by atoms with Crippen molar-refractivity contribution >= 4 is 11.6 Å². The van der Waals surface area contributed by atoms with Gasteiger partial charge in [-0.2, -0.15) is 18.3 Å². The first kappa shape index (κ1) is 15.5. The van der Waals surface area contributed by atoms with E-state index in [2.05, 4.69) is 10.1 Å². The lowest BCUT2D eigenvalue weighted by Gasteiger charge is -2.17. The maximum atomic E-state index is 12.7. The van der Waals surface area contributed by atoms with Crippen LogP contribution in [0.25, 0.3) is 0 Å². The Bertz CT molecular complexity index is 767. The SMILES string of the molecule is Cc1cnc2c(c1)N(C(=O)Cn1nc(C(F)(F)F)cc1C)CC2. The van der Waals surface area contributed by atoms with Gasteiger partial charge in [-0.15, -0.1) is 0 Å². The topological polar surface area (TPSA) is 51.0 Å². The first-order chi connectivity index (χ1) is 10.8. The molecule has 0 aromatic carbocycles. The number of halogens is 3. The van der Waals surface area contributed by atoms with E-state index in [9.17, 15) is 18.0 Å². The quantitative estimate of drug-likeness (QED) is 0.853. The minimum atomic E-state index is -4.51. The van der Waals surface area contributed by atoms with Crippen molar-refractivity contribution in [3.8, 4) is 0 Å². The van der Waals surface area contributed by atoms with Crippen LogP contribution in [0.15, 0.2) is 18.3 Å². The fourth-order valence-electron chi connectivity index (χ4n) is 2.63. The van der Waals surface area contributed by atoms with Crippen molar-refractivity contribution in [2.45, 2.75) is 33.0 Å². The van der Waals surface area contributed by atoms with Gasteiger partial charge in [-0.1, -0.05) is 0 Å². The van der Waals surface area contributed by atoms with Crippen LogP contribution in [-0.2, 0) is 23.9 Å². The summed E-state index contributed by atoms with van der Waals surface area (Å²) in [5.74, 6) is -0.295. The van der Waals surface area contributed by atoms with Gasteiger partial charge in [0, 0.05) is 24.9 Å². The molecule has 5 nitrogen and oxygen atoms in total. The number of rotatable bonds is 2. The number of carbonyl (C=O) groups is 1. The molecule has 1 aliphatic heterocycles. The Hall–Kier alpha value is -2.38. The summed E-state index contributed by atoms with van der Waals surface area (Å²) in [6, 6.07) is 2.81. The average molecular weight is 324 g/mol. The molecular weight excluding hydrogens is 309 g/mol. The highest BCUT2D eigenvalue weighted by atomic mass is 19.4. The molecule has 0 saturated carbocycles. The van der Waals surface area contributed by atoms with Crippen molar-refractivity contribution in [3.63, 3.8) is 0 Å². The zero-order valence-electron chi connectivity index (χ0n) is 12.7. The third-order valence-corrected chi connectivity index (χ3v) is 3.80. The van der Waals surface area contributed by atoms with Crippen molar-refractivity contribution in [3.05, 3.63) is 41.0 Å². The van der Waals surface area contributed by atoms with Gasteiger partial charge < -0.3 is 4.90 Å². The Morgan fingerprint density at radius 2 is 2.04 bits per heavy atom. The number of hydrogen-bond acceptors (Lipinski definition) is 3. The van der Waals surface area contributed by atoms with Crippen molar-refractivity contribution < 1.29 is 18.0 Å². The molecular formula is C15H15F3N4O. The molecule has 0 aliphatic carbocycles. The second-order valence-electron chi connectivity index (χ2n) is 5.60. The van der Waals surface area contributed by atoms with Gasteiger partial charge in [0.1, 0.15) is 6.54 Å². The summed E-state index contributed by atoms with van der Waals surface area (Å²) in [5, 5.41) is 3.49. The molecule has 0 saturated heterocycles. The fourth-order valence-corrected chi connectivity index (χ4v) is 2.63. The Labute approximate surface area is 130 Å². The number of aryl methyl sites for hydroxylation is 2. The maximum Gasteiger partial charge on any atom is 0.435 e. The van der Waals surface area contributed by atoms with Gasteiger partial charge in [0.2, 0.25) is 5.91 Å². The van der Waals surface area contributed by atoms with E-state index in [1.165, 1.54) is 6.92 Å². The summed E-state index contributed by atoms with van der Waals surface area (Å²) < 4.78 is 39.1. The number of amides is 1. The number of hydrogen-bond donors (Lipinski definition) is 0. The van der Waals surface area contributed by atoms with Crippen LogP contribution < -0.4 is 4.90 Å². The standard InChI is InChI=1S/C15H15F3N4O/c1-9-5-12-11(19-7-9)3-4-21(12)14(23)8-22-10(2)6-13(20-22)15(16,17)18/h5-7H,3-4,8H2,1-2H3. The summed E-state index contributed by atoms with van der Waals surface area (Å²) in [6.45, 7) is 3.63. The van der Waals surface area contributed by atoms with Crippen molar-refractivity contribution in [1.29, 1.82) is 0 Å². The van der Waals surface area contributed by atoms with Crippen LogP contribution in [0.3, 0.4) is 0 Å². The zero-order chi connectivity index (χ0) is 16.8. The van der Waals surface area contributed by atoms with Gasteiger partial charge in [0.25, 0.3) is 0 Å². The molecule has 0 fully saturated rings. The molecule has 8 heteroatoms. The summed E-state index contributed by atoms with van der Waals surface area (Å²) >= 11 is 0. The summed E-state index contributed by atoms with van der Waals surface area (Å²) in [5.41, 5.74) is 1.81. The summed E-state index contributed by atoms with van der Waals surface area (Å²) in [4.78, 5) is 18.3. The van der Waals surface area contributed by atoms with Crippen LogP contribution in [0.4, 0.5) is 18.9 Å². The number of fused-ring (bicyclic) bond motifs is 1. The number of anilines is 1. The normalized spacial score (nSPS) is 14.2. The molecule has 0 radical (unpaired) electrons. The Kier molecular flexibility index (Phi) is 3.62. The molecule has 0 spiro atoms. The summed E-state index contributed by atoms with van der Waals surface area (Å²) in [6.07, 6.45) is -2.13. The Morgan fingerprint density at radius 3 is 2.70 bits per heavy atom. The molecule has 0 N–H and O–H groups in total. The second-order valence-corrected chi connectivity index (χ2v) is 5.60. The van der Waals surface area contributed by atoms with Crippen LogP contribution >= 0.6 is 0 Å². The van der Waals surface area contributed by atoms with E-state index < -0.39 is 11.9 Å². The molecule has 3 rings (SSSR count). The molecule has 3 heterocycles. The molecule has 0 bridgehead atoms. The molecule has 2 aromatic heterocycles. The molecule has 122 valence electrons. The average Bonchev–Trinajstić information content (AvgIpc) is 3.02. The van der Waals surface area contributed by atoms with E-state index in [1.807, 2.05) is 13.0 Å². The molecule has 0 unspecified atom stereocenters. The van der Waals surface area contributed by atoms with Gasteiger partial charge in [0.05, 0.1) is 11.4 Å². The van der Waals surface area contributed by atoms with Gasteiger partial charge >= 0.3 is 6.18 Å². The first-order valence-corrected chi connectivity index (χ1v) is 7.13. The smallest absolute Gasteiger partial charge is 0.309 e. The Balaban J connectivity index is 1.82. The van der Waals surface area contributed by atoms with Crippen molar-refractivity contribution in [2.75, 3.05) is 11.4 Å². The fraction of sp³-hybridized carbons (Fsp3) is 0.400. The highest BCUT2D eigenvalue weighted by molar-refractivity contribution is 5.95. The second kappa shape index (κ2) is 5.36. The Morgan fingerprint density at radius 1 is 1.30 bits per heavy atom. The third kappa shape index (κ3) is 2.93. The lowest BCUT2D eigenvalue weighted by molar-refractivity contribution is -0.141. The molecule has 23 heavy (non-hydrogen) atoms. The van der Waals surface area contributed by atoms with Gasteiger partial charge in [0.15, 0.2) is 5.69 Å². The molecule has 0 atom stereocenters. The summed E-state index contributed by atoms with van der Waals surface area (Å²) in [7, 11) is 0. The molecule has 2 aromatic rings. The predicted molar refractivity (Wildman–Crippen MR) is 77.0 cm³/mol. The largest absolute Gasteiger partial charge is 0.435 e. The van der Waals surface area contributed by atoms with Gasteiger partial charge in [-0.25, -0.2) is 0 Å². The van der Waals surface area contributed by atoms with Crippen LogP contribution in [0.5, 0.6) is 0 Å². The van der Waals surface area contributed by atoms with E-state index in [0.717, 1.165) is 27.7 Å². The van der Waals surface area contributed by atoms with Crippen LogP contribution in [-0.4, -0.2) is 27.2 Å². The number of pyridine rings is 1. The minimum absolute atomic E-state index is 0.227. The number of nitrogens with zero attached hydrogens (tertiary/aromatic N) is 4. The zero-order valence-corrected chi connectivity index (χ0v) is 12.7. The number of aromatic nitrogens is 3. The van der Waals surface area contributed by atoms with Crippen LogP contribution in [0.1, 0.15) is 22.6 Å². The maximum absolute atomic E-state index is 12.7. The number of alkyl halides is 3. The van der Waals surface area contributed by atoms with E-state index in [0.29, 0.717) is 18.7 Å². The lowest BCUT2D eigenvalue weighted by Crippen LogP contribution is -2.33. The molecule has 1 amide bonds. The van der Waals surface area contributed by atoms with Crippen LogP contribution in [0.2, 0.25) is 0 Å².